The summed E-state index contributed by atoms with van der Waals surface area (Å²) < 4.78 is 79.5. The minimum atomic E-state index is -4.47. The molecule has 15 heteroatoms. The molecule has 4 aromatic carbocycles. The van der Waals surface area contributed by atoms with Crippen molar-refractivity contribution in [3.63, 3.8) is 0 Å². The number of nitrogens with one attached hydrogen (secondary N) is 1. The van der Waals surface area contributed by atoms with Crippen molar-refractivity contribution in [1.29, 1.82) is 0 Å². The lowest BCUT2D eigenvalue weighted by Gasteiger charge is -2.17. The zero-order valence-corrected chi connectivity index (χ0v) is 28.4. The number of hydrogen-bond donors (Lipinski definition) is 3. The van der Waals surface area contributed by atoms with Crippen molar-refractivity contribution < 1.29 is 49.7 Å². The second-order valence-corrected chi connectivity index (χ2v) is 14.2. The fraction of sp³-hybridized carbons (Fsp3) is 0.294. The molecular weight excluding hydrogens is 677 g/mol. The quantitative estimate of drug-likeness (QED) is 0.148. The van der Waals surface area contributed by atoms with Crippen LogP contribution in [-0.4, -0.2) is 69.5 Å². The Morgan fingerprint density at radius 2 is 1.47 bits per heavy atom. The topological polar surface area (TPSA) is 186 Å². The fourth-order valence-corrected chi connectivity index (χ4v) is 7.04. The van der Waals surface area contributed by atoms with E-state index in [0.717, 1.165) is 36.5 Å². The van der Waals surface area contributed by atoms with E-state index >= 15 is 0 Å². The molecule has 3 N–H and O–H groups in total. The van der Waals surface area contributed by atoms with Crippen LogP contribution >= 0.6 is 0 Å². The van der Waals surface area contributed by atoms with Gasteiger partial charge in [-0.25, -0.2) is 0 Å². The third-order valence-electron chi connectivity index (χ3n) is 8.18. The lowest BCUT2D eigenvalue weighted by atomic mass is 10.0. The van der Waals surface area contributed by atoms with Gasteiger partial charge in [0.2, 0.25) is 11.8 Å². The van der Waals surface area contributed by atoms with E-state index in [1.165, 1.54) is 40.3 Å². The highest BCUT2D eigenvalue weighted by molar-refractivity contribution is 7.86. The lowest BCUT2D eigenvalue weighted by Crippen LogP contribution is -2.33. The molecule has 2 heterocycles. The highest BCUT2D eigenvalue weighted by atomic mass is 32.2. The Bertz CT molecular complexity index is 2010. The first kappa shape index (κ1) is 35.8. The van der Waals surface area contributed by atoms with Crippen LogP contribution in [0.3, 0.4) is 0 Å². The van der Waals surface area contributed by atoms with Crippen molar-refractivity contribution >= 4 is 42.8 Å². The highest BCUT2D eigenvalue weighted by Gasteiger charge is 2.28. The number of benzene rings is 4. The SMILES string of the molecule is COc1cc(CNC(C)c2ccc3c(c2)CCO3)ccc1OCCN1C(=O)CCC1=O.O=S(=O)(O)c1cccc2c(S(=O)(=O)O)cccc12. The Balaban J connectivity index is 0.000000221. The Kier molecular flexibility index (Phi) is 10.9. The molecule has 6 rings (SSSR count). The molecule has 0 aromatic heterocycles. The van der Waals surface area contributed by atoms with E-state index in [0.29, 0.717) is 30.9 Å². The molecule has 260 valence electrons. The number of carbonyl (C=O) groups is 2. The molecule has 2 amide bonds. The molecule has 1 atom stereocenters. The number of carbonyl (C=O) groups excluding carboxylic acids is 2. The van der Waals surface area contributed by atoms with E-state index < -0.39 is 30.0 Å². The number of ether oxygens (including phenoxy) is 3. The summed E-state index contributed by atoms with van der Waals surface area (Å²) in [6.45, 7) is 4.09. The number of nitrogens with zero attached hydrogens (tertiary/aromatic N) is 1. The predicted molar refractivity (Wildman–Crippen MR) is 179 cm³/mol. The molecule has 0 spiro atoms. The van der Waals surface area contributed by atoms with E-state index in [1.54, 1.807) is 7.11 Å². The van der Waals surface area contributed by atoms with Gasteiger partial charge < -0.3 is 19.5 Å². The molecule has 2 aliphatic heterocycles. The molecule has 0 saturated carbocycles. The van der Waals surface area contributed by atoms with Gasteiger partial charge in [0.1, 0.15) is 22.1 Å². The number of fused-ring (bicyclic) bond motifs is 2. The molecular formula is C34H36N2O11S2. The van der Waals surface area contributed by atoms with Crippen LogP contribution in [0.5, 0.6) is 17.2 Å². The first-order valence-electron chi connectivity index (χ1n) is 15.3. The first-order valence-corrected chi connectivity index (χ1v) is 18.2. The maximum atomic E-state index is 11.7. The van der Waals surface area contributed by atoms with Crippen molar-refractivity contribution in [3.8, 4) is 17.2 Å². The zero-order valence-electron chi connectivity index (χ0n) is 26.8. The average Bonchev–Trinajstić information content (AvgIpc) is 3.67. The Morgan fingerprint density at radius 3 is 2.06 bits per heavy atom. The van der Waals surface area contributed by atoms with Gasteiger partial charge in [0.05, 0.1) is 20.3 Å². The largest absolute Gasteiger partial charge is 0.493 e. The fourth-order valence-electron chi connectivity index (χ4n) is 5.63. The van der Waals surface area contributed by atoms with E-state index in [2.05, 4.69) is 24.4 Å². The Morgan fingerprint density at radius 1 is 0.837 bits per heavy atom. The normalized spacial score (nSPS) is 15.0. The summed E-state index contributed by atoms with van der Waals surface area (Å²) in [6, 6.07) is 19.9. The Labute approximate surface area is 284 Å². The molecule has 1 saturated heterocycles. The summed E-state index contributed by atoms with van der Waals surface area (Å²) in [7, 11) is -7.34. The van der Waals surface area contributed by atoms with Crippen LogP contribution in [0.2, 0.25) is 0 Å². The minimum Gasteiger partial charge on any atom is -0.493 e. The lowest BCUT2D eigenvalue weighted by molar-refractivity contribution is -0.138. The van der Waals surface area contributed by atoms with Gasteiger partial charge in [-0.2, -0.15) is 16.8 Å². The molecule has 1 unspecified atom stereocenters. The molecule has 2 aliphatic rings. The van der Waals surface area contributed by atoms with Gasteiger partial charge in [-0.3, -0.25) is 23.6 Å². The van der Waals surface area contributed by atoms with Gasteiger partial charge in [0, 0.05) is 42.6 Å². The molecule has 49 heavy (non-hydrogen) atoms. The second kappa shape index (κ2) is 14.9. The summed E-state index contributed by atoms with van der Waals surface area (Å²) in [5.74, 6) is 1.95. The number of hydrogen-bond acceptors (Lipinski definition) is 10. The zero-order chi connectivity index (χ0) is 35.3. The van der Waals surface area contributed by atoms with Crippen LogP contribution < -0.4 is 19.5 Å². The van der Waals surface area contributed by atoms with Gasteiger partial charge in [0.25, 0.3) is 20.2 Å². The minimum absolute atomic E-state index is 0.0233. The third kappa shape index (κ3) is 8.55. The summed E-state index contributed by atoms with van der Waals surface area (Å²) in [5.41, 5.74) is 3.58. The van der Waals surface area contributed by atoms with Gasteiger partial charge in [-0.15, -0.1) is 0 Å². The number of rotatable bonds is 11. The molecule has 0 bridgehead atoms. The smallest absolute Gasteiger partial charge is 0.295 e. The number of likely N-dealkylation sites (tertiary alicyclic amines) is 1. The molecule has 0 aliphatic carbocycles. The van der Waals surface area contributed by atoms with Gasteiger partial charge in [-0.05, 0) is 53.9 Å². The van der Waals surface area contributed by atoms with Crippen LogP contribution in [0.4, 0.5) is 0 Å². The van der Waals surface area contributed by atoms with Gasteiger partial charge in [0.15, 0.2) is 11.5 Å². The van der Waals surface area contributed by atoms with Crippen molar-refractivity contribution in [2.75, 3.05) is 26.9 Å². The predicted octanol–water partition coefficient (Wildman–Crippen LogP) is 4.34. The average molecular weight is 713 g/mol. The molecule has 4 aromatic rings. The maximum Gasteiger partial charge on any atom is 0.295 e. The van der Waals surface area contributed by atoms with E-state index in [9.17, 15) is 26.4 Å². The maximum absolute atomic E-state index is 11.7. The van der Waals surface area contributed by atoms with Crippen LogP contribution in [-0.2, 0) is 42.8 Å². The van der Waals surface area contributed by atoms with Crippen LogP contribution in [0.1, 0.15) is 42.5 Å². The van der Waals surface area contributed by atoms with E-state index in [-0.39, 0.29) is 41.8 Å². The van der Waals surface area contributed by atoms with Crippen LogP contribution in [0.15, 0.2) is 82.6 Å². The Hall–Kier alpha value is -4.54. The van der Waals surface area contributed by atoms with E-state index in [1.807, 2.05) is 24.3 Å². The van der Waals surface area contributed by atoms with Crippen LogP contribution in [0.25, 0.3) is 10.8 Å². The van der Waals surface area contributed by atoms with Crippen molar-refractivity contribution in [1.82, 2.24) is 10.2 Å². The summed E-state index contributed by atoms with van der Waals surface area (Å²) in [5, 5.41) is 3.59. The van der Waals surface area contributed by atoms with Gasteiger partial charge >= 0.3 is 0 Å². The number of amides is 2. The summed E-state index contributed by atoms with van der Waals surface area (Å²) in [6.07, 6.45) is 1.55. The monoisotopic (exact) mass is 712 g/mol. The van der Waals surface area contributed by atoms with E-state index in [4.69, 9.17) is 23.3 Å². The molecule has 13 nitrogen and oxygen atoms in total. The van der Waals surface area contributed by atoms with Crippen LogP contribution in [0, 0.1) is 0 Å². The summed E-state index contributed by atoms with van der Waals surface area (Å²) in [4.78, 5) is 23.8. The molecule has 1 fully saturated rings. The van der Waals surface area contributed by atoms with Gasteiger partial charge in [-0.1, -0.05) is 42.5 Å². The third-order valence-corrected chi connectivity index (χ3v) is 10.0. The van der Waals surface area contributed by atoms with Crippen molar-refractivity contribution in [2.45, 2.75) is 48.6 Å². The second-order valence-electron chi connectivity index (χ2n) is 11.4. The molecule has 0 radical (unpaired) electrons. The number of methoxy groups -OCH3 is 1. The first-order chi connectivity index (χ1) is 23.3. The van der Waals surface area contributed by atoms with Crippen molar-refractivity contribution in [2.24, 2.45) is 0 Å². The summed E-state index contributed by atoms with van der Waals surface area (Å²) >= 11 is 0. The number of imide groups is 1. The highest BCUT2D eigenvalue weighted by Crippen LogP contribution is 2.31. The van der Waals surface area contributed by atoms with Crippen molar-refractivity contribution in [3.05, 3.63) is 89.5 Å². The standard InChI is InChI=1S/C24H28N2O5.C10H8O6S2/c1-16(18-4-6-20-19(14-18)9-11-30-20)25-15-17-3-5-21(22(13-17)29-2)31-12-10-26-23(27)7-8-24(26)28;11-17(12,13)9-5-1-3-7-8(9)4-2-6-10(7)18(14,15)16/h3-6,13-14,16,25H,7-12,15H2,1-2H3;1-6H,(H,11,12,13)(H,14,15,16).